The lowest BCUT2D eigenvalue weighted by Gasteiger charge is -2.10. The topological polar surface area (TPSA) is 46.4 Å². The number of rotatable bonds is 2. The number of alkyl halides is 3. The molecule has 0 aliphatic carbocycles. The molecule has 2 aromatic heterocycles. The number of anilines is 1. The molecule has 0 fully saturated rings. The monoisotopic (exact) mass is 387 g/mol. The third-order valence-electron chi connectivity index (χ3n) is 3.48. The summed E-state index contributed by atoms with van der Waals surface area (Å²) in [6.45, 7) is 1.60. The molecule has 3 aromatic rings. The zero-order chi connectivity index (χ0) is 18.4. The van der Waals surface area contributed by atoms with Crippen LogP contribution in [0.1, 0.15) is 21.7 Å². The molecule has 0 atom stereocenters. The van der Waals surface area contributed by atoms with Crippen molar-refractivity contribution in [1.29, 1.82) is 0 Å². The molecule has 0 saturated heterocycles. The van der Waals surface area contributed by atoms with Gasteiger partial charge in [0, 0.05) is 11.9 Å². The lowest BCUT2D eigenvalue weighted by molar-refractivity contribution is -0.137. The average molecular weight is 388 g/mol. The van der Waals surface area contributed by atoms with Gasteiger partial charge < -0.3 is 5.32 Å². The SMILES string of the molecule is Cc1nc2c(Cl)cc(Cl)cn2c1C(=O)Nc1cccc(C(F)(F)F)c1. The summed E-state index contributed by atoms with van der Waals surface area (Å²) in [7, 11) is 0. The van der Waals surface area contributed by atoms with Gasteiger partial charge in [-0.05, 0) is 31.2 Å². The van der Waals surface area contributed by atoms with Gasteiger partial charge >= 0.3 is 6.18 Å². The maximum atomic E-state index is 12.8. The highest BCUT2D eigenvalue weighted by Gasteiger charge is 2.30. The number of carbonyl (C=O) groups is 1. The molecule has 1 aromatic carbocycles. The number of hydrogen-bond acceptors (Lipinski definition) is 2. The van der Waals surface area contributed by atoms with Crippen molar-refractivity contribution in [3.05, 3.63) is 63.5 Å². The molecule has 9 heteroatoms. The van der Waals surface area contributed by atoms with Gasteiger partial charge in [-0.2, -0.15) is 13.2 Å². The summed E-state index contributed by atoms with van der Waals surface area (Å²) in [6, 6.07) is 5.85. The number of nitrogens with zero attached hydrogens (tertiary/aromatic N) is 2. The first kappa shape index (κ1) is 17.6. The van der Waals surface area contributed by atoms with E-state index < -0.39 is 17.6 Å². The van der Waals surface area contributed by atoms with E-state index in [0.717, 1.165) is 12.1 Å². The maximum Gasteiger partial charge on any atom is 0.416 e. The van der Waals surface area contributed by atoms with Crippen molar-refractivity contribution in [2.75, 3.05) is 5.32 Å². The molecular formula is C16H10Cl2F3N3O. The fourth-order valence-corrected chi connectivity index (χ4v) is 2.94. The number of carbonyl (C=O) groups excluding carboxylic acids is 1. The number of benzene rings is 1. The molecule has 1 amide bonds. The third-order valence-corrected chi connectivity index (χ3v) is 3.96. The minimum atomic E-state index is -4.50. The van der Waals surface area contributed by atoms with Gasteiger partial charge in [0.2, 0.25) is 0 Å². The van der Waals surface area contributed by atoms with E-state index in [-0.39, 0.29) is 16.4 Å². The number of pyridine rings is 1. The van der Waals surface area contributed by atoms with Crippen molar-refractivity contribution < 1.29 is 18.0 Å². The third kappa shape index (κ3) is 3.43. The van der Waals surface area contributed by atoms with Crippen LogP contribution in [-0.4, -0.2) is 15.3 Å². The largest absolute Gasteiger partial charge is 0.416 e. The molecule has 0 unspecified atom stereocenters. The van der Waals surface area contributed by atoms with E-state index in [0.29, 0.717) is 16.4 Å². The Morgan fingerprint density at radius 1 is 1.24 bits per heavy atom. The van der Waals surface area contributed by atoms with Crippen LogP contribution in [-0.2, 0) is 6.18 Å². The second-order valence-corrected chi connectivity index (χ2v) is 6.12. The summed E-state index contributed by atoms with van der Waals surface area (Å²) in [4.78, 5) is 16.8. The molecule has 4 nitrogen and oxygen atoms in total. The number of halogens is 5. The van der Waals surface area contributed by atoms with Crippen LogP contribution in [0, 0.1) is 6.92 Å². The minimum absolute atomic E-state index is 0.0160. The van der Waals surface area contributed by atoms with Gasteiger partial charge in [-0.1, -0.05) is 29.3 Å². The molecule has 3 rings (SSSR count). The maximum absolute atomic E-state index is 12.8. The van der Waals surface area contributed by atoms with Gasteiger partial charge in [-0.3, -0.25) is 9.20 Å². The summed E-state index contributed by atoms with van der Waals surface area (Å²) in [5, 5.41) is 3.00. The Balaban J connectivity index is 2.00. The van der Waals surface area contributed by atoms with Gasteiger partial charge in [-0.25, -0.2) is 4.98 Å². The first-order valence-corrected chi connectivity index (χ1v) is 7.74. The van der Waals surface area contributed by atoms with Crippen LogP contribution in [0.5, 0.6) is 0 Å². The van der Waals surface area contributed by atoms with E-state index >= 15 is 0 Å². The average Bonchev–Trinajstić information content (AvgIpc) is 2.83. The summed E-state index contributed by atoms with van der Waals surface area (Å²) >= 11 is 12.0. The second kappa shape index (κ2) is 6.24. The predicted octanol–water partition coefficient (Wildman–Crippen LogP) is 5.22. The van der Waals surface area contributed by atoms with Crippen LogP contribution in [0.25, 0.3) is 5.65 Å². The van der Waals surface area contributed by atoms with Crippen molar-refractivity contribution >= 4 is 40.4 Å². The lowest BCUT2D eigenvalue weighted by Crippen LogP contribution is -2.16. The number of aromatic nitrogens is 2. The van der Waals surface area contributed by atoms with Gasteiger partial charge in [-0.15, -0.1) is 0 Å². The summed E-state index contributed by atoms with van der Waals surface area (Å²) in [5.41, 5.74) is -0.00299. The van der Waals surface area contributed by atoms with E-state index in [4.69, 9.17) is 23.2 Å². The van der Waals surface area contributed by atoms with Gasteiger partial charge in [0.15, 0.2) is 5.65 Å². The first-order chi connectivity index (χ1) is 11.7. The quantitative estimate of drug-likeness (QED) is 0.654. The van der Waals surface area contributed by atoms with Crippen LogP contribution < -0.4 is 5.32 Å². The van der Waals surface area contributed by atoms with Crippen LogP contribution in [0.4, 0.5) is 18.9 Å². The summed E-state index contributed by atoms with van der Waals surface area (Å²) < 4.78 is 39.8. The van der Waals surface area contributed by atoms with Crippen LogP contribution in [0.2, 0.25) is 10.0 Å². The normalized spacial score (nSPS) is 11.8. The molecule has 0 aliphatic heterocycles. The van der Waals surface area contributed by atoms with Gasteiger partial charge in [0.25, 0.3) is 5.91 Å². The summed E-state index contributed by atoms with van der Waals surface area (Å²) in [6.07, 6.45) is -3.04. The van der Waals surface area contributed by atoms with Crippen molar-refractivity contribution in [1.82, 2.24) is 9.38 Å². The van der Waals surface area contributed by atoms with E-state index in [1.807, 2.05) is 0 Å². The number of imidazole rings is 1. The van der Waals surface area contributed by atoms with Gasteiger partial charge in [0.05, 0.1) is 21.3 Å². The van der Waals surface area contributed by atoms with Crippen LogP contribution in [0.3, 0.4) is 0 Å². The molecule has 0 aliphatic rings. The number of aryl methyl sites for hydroxylation is 1. The lowest BCUT2D eigenvalue weighted by atomic mass is 10.2. The highest BCUT2D eigenvalue weighted by Crippen LogP contribution is 2.31. The van der Waals surface area contributed by atoms with Crippen LogP contribution >= 0.6 is 23.2 Å². The molecule has 0 radical (unpaired) electrons. The molecule has 0 bridgehead atoms. The zero-order valence-electron chi connectivity index (χ0n) is 12.7. The molecule has 2 heterocycles. The standard InChI is InChI=1S/C16H10Cl2F3N3O/c1-8-13(24-7-10(17)6-12(18)14(24)22-8)15(25)23-11-4-2-3-9(5-11)16(19,20)21/h2-7H,1H3,(H,23,25). The highest BCUT2D eigenvalue weighted by atomic mass is 35.5. The van der Waals surface area contributed by atoms with Gasteiger partial charge in [0.1, 0.15) is 5.69 Å². The van der Waals surface area contributed by atoms with E-state index in [1.54, 1.807) is 6.92 Å². The van der Waals surface area contributed by atoms with E-state index in [1.165, 1.54) is 28.8 Å². The highest BCUT2D eigenvalue weighted by molar-refractivity contribution is 6.36. The molecule has 0 spiro atoms. The minimum Gasteiger partial charge on any atom is -0.321 e. The number of nitrogens with one attached hydrogen (secondary N) is 1. The molecule has 0 saturated carbocycles. The Kier molecular flexibility index (Phi) is 4.38. The van der Waals surface area contributed by atoms with Crippen molar-refractivity contribution in [3.8, 4) is 0 Å². The van der Waals surface area contributed by atoms with Crippen LogP contribution in [0.15, 0.2) is 36.5 Å². The molecule has 1 N–H and O–H groups in total. The molecular weight excluding hydrogens is 378 g/mol. The van der Waals surface area contributed by atoms with E-state index in [2.05, 4.69) is 10.3 Å². The smallest absolute Gasteiger partial charge is 0.321 e. The van der Waals surface area contributed by atoms with Crippen molar-refractivity contribution in [2.45, 2.75) is 13.1 Å². The number of fused-ring (bicyclic) bond motifs is 1. The Labute approximate surface area is 150 Å². The molecule has 25 heavy (non-hydrogen) atoms. The summed E-state index contributed by atoms with van der Waals surface area (Å²) in [5.74, 6) is -0.623. The second-order valence-electron chi connectivity index (χ2n) is 5.28. The number of amides is 1. The number of hydrogen-bond donors (Lipinski definition) is 1. The predicted molar refractivity (Wildman–Crippen MR) is 89.3 cm³/mol. The first-order valence-electron chi connectivity index (χ1n) is 6.99. The Bertz CT molecular complexity index is 983. The Morgan fingerprint density at radius 3 is 2.64 bits per heavy atom. The Morgan fingerprint density at radius 2 is 1.96 bits per heavy atom. The van der Waals surface area contributed by atoms with E-state index in [9.17, 15) is 18.0 Å². The zero-order valence-corrected chi connectivity index (χ0v) is 14.2. The fraction of sp³-hybridized carbons (Fsp3) is 0.125. The van der Waals surface area contributed by atoms with Crippen molar-refractivity contribution in [3.63, 3.8) is 0 Å². The Hall–Kier alpha value is -2.25. The van der Waals surface area contributed by atoms with Crippen molar-refractivity contribution in [2.24, 2.45) is 0 Å². The fourth-order valence-electron chi connectivity index (χ4n) is 2.42. The molecule has 130 valence electrons.